The average Bonchev–Trinajstić information content (AvgIpc) is 2.76. The molecule has 0 saturated heterocycles. The molecule has 1 heterocycles. The highest BCUT2D eigenvalue weighted by atomic mass is 35.5. The fraction of sp³-hybridized carbons (Fsp3) is 0.727. The molecule has 92 valence electrons. The molecule has 0 radical (unpaired) electrons. The minimum absolute atomic E-state index is 0.117. The van der Waals surface area contributed by atoms with Crippen LogP contribution in [0.25, 0.3) is 0 Å². The summed E-state index contributed by atoms with van der Waals surface area (Å²) in [6.45, 7) is 3.59. The zero-order chi connectivity index (χ0) is 11.6. The number of methoxy groups -OCH3 is 1. The zero-order valence-corrected chi connectivity index (χ0v) is 10.5. The molecule has 4 nitrogen and oxygen atoms in total. The van der Waals surface area contributed by atoms with E-state index in [1.165, 1.54) is 0 Å². The van der Waals surface area contributed by atoms with Crippen LogP contribution in [-0.4, -0.2) is 41.7 Å². The second-order valence-corrected chi connectivity index (χ2v) is 4.36. The molecule has 1 rings (SSSR count). The Morgan fingerprint density at radius 2 is 2.38 bits per heavy atom. The molecule has 1 unspecified atom stereocenters. The number of nitrogens with one attached hydrogen (secondary N) is 1. The summed E-state index contributed by atoms with van der Waals surface area (Å²) in [4.78, 5) is 3.99. The van der Waals surface area contributed by atoms with Crippen LogP contribution in [0.2, 0.25) is 0 Å². The van der Waals surface area contributed by atoms with Gasteiger partial charge in [-0.05, 0) is 25.9 Å². The summed E-state index contributed by atoms with van der Waals surface area (Å²) in [7, 11) is 1.67. The molecule has 0 aliphatic rings. The predicted molar refractivity (Wildman–Crippen MR) is 65.8 cm³/mol. The van der Waals surface area contributed by atoms with Crippen molar-refractivity contribution in [1.82, 2.24) is 14.9 Å². The molecule has 0 aliphatic heterocycles. The van der Waals surface area contributed by atoms with E-state index < -0.39 is 0 Å². The van der Waals surface area contributed by atoms with Crippen LogP contribution in [0.5, 0.6) is 0 Å². The van der Waals surface area contributed by atoms with E-state index >= 15 is 0 Å². The molecular weight excluding hydrogens is 226 g/mol. The van der Waals surface area contributed by atoms with Gasteiger partial charge in [0, 0.05) is 26.0 Å². The molecule has 1 aromatic heterocycles. The Morgan fingerprint density at radius 3 is 3.06 bits per heavy atom. The first-order valence-electron chi connectivity index (χ1n) is 5.62. The van der Waals surface area contributed by atoms with Gasteiger partial charge in [-0.2, -0.15) is 0 Å². The summed E-state index contributed by atoms with van der Waals surface area (Å²) in [5.41, 5.74) is 0. The molecule has 16 heavy (non-hydrogen) atoms. The number of imidazole rings is 1. The largest absolute Gasteiger partial charge is 0.383 e. The van der Waals surface area contributed by atoms with E-state index in [4.69, 9.17) is 16.3 Å². The topological polar surface area (TPSA) is 39.1 Å². The fourth-order valence-electron chi connectivity index (χ4n) is 1.45. The molecule has 1 atom stereocenters. The molecular formula is C11H20ClN3O. The first-order chi connectivity index (χ1) is 7.83. The van der Waals surface area contributed by atoms with Crippen molar-refractivity contribution in [3.05, 3.63) is 18.7 Å². The quantitative estimate of drug-likeness (QED) is 0.530. The van der Waals surface area contributed by atoms with Gasteiger partial charge < -0.3 is 14.6 Å². The Bertz CT molecular complexity index is 254. The molecule has 0 aromatic carbocycles. The maximum absolute atomic E-state index is 6.00. The first-order valence-corrected chi connectivity index (χ1v) is 6.06. The van der Waals surface area contributed by atoms with E-state index in [1.54, 1.807) is 13.3 Å². The van der Waals surface area contributed by atoms with Gasteiger partial charge in [-0.3, -0.25) is 0 Å². The second kappa shape index (κ2) is 8.56. The third-order valence-corrected chi connectivity index (χ3v) is 2.66. The fourth-order valence-corrected chi connectivity index (χ4v) is 1.69. The van der Waals surface area contributed by atoms with E-state index in [9.17, 15) is 0 Å². The van der Waals surface area contributed by atoms with Crippen molar-refractivity contribution in [3.8, 4) is 0 Å². The number of alkyl halides is 1. The lowest BCUT2D eigenvalue weighted by Gasteiger charge is -2.09. The standard InChI is InChI=1S/C11H20ClN3O/c1-16-9-11(12)3-5-13-4-2-7-15-8-6-14-10-15/h6,8,10-11,13H,2-5,7,9H2,1H3. The lowest BCUT2D eigenvalue weighted by molar-refractivity contribution is 0.195. The van der Waals surface area contributed by atoms with Crippen molar-refractivity contribution in [2.75, 3.05) is 26.8 Å². The van der Waals surface area contributed by atoms with Gasteiger partial charge in [0.1, 0.15) is 0 Å². The van der Waals surface area contributed by atoms with E-state index in [2.05, 4.69) is 14.9 Å². The van der Waals surface area contributed by atoms with Crippen LogP contribution in [0.15, 0.2) is 18.7 Å². The van der Waals surface area contributed by atoms with Crippen molar-refractivity contribution >= 4 is 11.6 Å². The van der Waals surface area contributed by atoms with Gasteiger partial charge >= 0.3 is 0 Å². The van der Waals surface area contributed by atoms with Crippen LogP contribution in [0.1, 0.15) is 12.8 Å². The summed E-state index contributed by atoms with van der Waals surface area (Å²) in [5.74, 6) is 0. The van der Waals surface area contributed by atoms with Gasteiger partial charge in [0.05, 0.1) is 18.3 Å². The van der Waals surface area contributed by atoms with Crippen LogP contribution >= 0.6 is 11.6 Å². The SMILES string of the molecule is COCC(Cl)CCNCCCn1ccnc1. The van der Waals surface area contributed by atoms with Crippen LogP contribution in [-0.2, 0) is 11.3 Å². The molecule has 0 saturated carbocycles. The van der Waals surface area contributed by atoms with Gasteiger partial charge in [-0.15, -0.1) is 11.6 Å². The van der Waals surface area contributed by atoms with Crippen LogP contribution in [0.3, 0.4) is 0 Å². The lowest BCUT2D eigenvalue weighted by Crippen LogP contribution is -2.22. The number of rotatable bonds is 9. The molecule has 0 fully saturated rings. The molecule has 5 heteroatoms. The van der Waals surface area contributed by atoms with E-state index in [0.717, 1.165) is 32.5 Å². The lowest BCUT2D eigenvalue weighted by atomic mass is 10.3. The van der Waals surface area contributed by atoms with Crippen LogP contribution < -0.4 is 5.32 Å². The van der Waals surface area contributed by atoms with Crippen molar-refractivity contribution in [3.63, 3.8) is 0 Å². The maximum atomic E-state index is 6.00. The smallest absolute Gasteiger partial charge is 0.0945 e. The number of aryl methyl sites for hydroxylation is 1. The third kappa shape index (κ3) is 6.10. The molecule has 0 bridgehead atoms. The normalized spacial score (nSPS) is 12.9. The number of nitrogens with zero attached hydrogens (tertiary/aromatic N) is 2. The van der Waals surface area contributed by atoms with E-state index in [1.807, 2.05) is 12.5 Å². The van der Waals surface area contributed by atoms with E-state index in [-0.39, 0.29) is 5.38 Å². The Kier molecular flexibility index (Phi) is 7.21. The van der Waals surface area contributed by atoms with Crippen molar-refractivity contribution in [2.45, 2.75) is 24.8 Å². The Hall–Kier alpha value is -0.580. The second-order valence-electron chi connectivity index (χ2n) is 3.75. The van der Waals surface area contributed by atoms with Crippen molar-refractivity contribution in [1.29, 1.82) is 0 Å². The minimum Gasteiger partial charge on any atom is -0.383 e. The minimum atomic E-state index is 0.117. The highest BCUT2D eigenvalue weighted by molar-refractivity contribution is 6.20. The number of aromatic nitrogens is 2. The van der Waals surface area contributed by atoms with Crippen LogP contribution in [0.4, 0.5) is 0 Å². The van der Waals surface area contributed by atoms with Crippen LogP contribution in [0, 0.1) is 0 Å². The zero-order valence-electron chi connectivity index (χ0n) is 9.73. The van der Waals surface area contributed by atoms with Gasteiger partial charge in [0.25, 0.3) is 0 Å². The highest BCUT2D eigenvalue weighted by Gasteiger charge is 2.02. The molecule has 1 N–H and O–H groups in total. The number of hydrogen-bond donors (Lipinski definition) is 1. The van der Waals surface area contributed by atoms with Gasteiger partial charge in [0.2, 0.25) is 0 Å². The molecule has 0 spiro atoms. The number of halogens is 1. The average molecular weight is 246 g/mol. The Labute approximate surface area is 102 Å². The molecule has 0 amide bonds. The molecule has 1 aromatic rings. The summed E-state index contributed by atoms with van der Waals surface area (Å²) in [5, 5.41) is 3.48. The predicted octanol–water partition coefficient (Wildman–Crippen LogP) is 1.51. The maximum Gasteiger partial charge on any atom is 0.0945 e. The monoisotopic (exact) mass is 245 g/mol. The van der Waals surface area contributed by atoms with Crippen molar-refractivity contribution in [2.24, 2.45) is 0 Å². The van der Waals surface area contributed by atoms with Gasteiger partial charge in [-0.1, -0.05) is 0 Å². The number of ether oxygens (including phenoxy) is 1. The first kappa shape index (κ1) is 13.5. The molecule has 0 aliphatic carbocycles. The van der Waals surface area contributed by atoms with E-state index in [0.29, 0.717) is 6.61 Å². The highest BCUT2D eigenvalue weighted by Crippen LogP contribution is 2.00. The summed E-state index contributed by atoms with van der Waals surface area (Å²) >= 11 is 6.00. The van der Waals surface area contributed by atoms with Gasteiger partial charge in [0.15, 0.2) is 0 Å². The van der Waals surface area contributed by atoms with Gasteiger partial charge in [-0.25, -0.2) is 4.98 Å². The Morgan fingerprint density at radius 1 is 1.50 bits per heavy atom. The summed E-state index contributed by atoms with van der Waals surface area (Å²) in [6, 6.07) is 0. The number of hydrogen-bond acceptors (Lipinski definition) is 3. The Balaban J connectivity index is 1.88. The third-order valence-electron chi connectivity index (χ3n) is 2.31. The summed E-state index contributed by atoms with van der Waals surface area (Å²) < 4.78 is 7.04. The van der Waals surface area contributed by atoms with Crippen molar-refractivity contribution < 1.29 is 4.74 Å². The summed E-state index contributed by atoms with van der Waals surface area (Å²) in [6.07, 6.45) is 7.67.